The van der Waals surface area contributed by atoms with Gasteiger partial charge < -0.3 is 15.6 Å². The Morgan fingerprint density at radius 3 is 2.39 bits per heavy atom. The molecule has 0 saturated carbocycles. The van der Waals surface area contributed by atoms with E-state index < -0.39 is 0 Å². The van der Waals surface area contributed by atoms with Crippen molar-refractivity contribution in [1.29, 1.82) is 0 Å². The first-order valence-electron chi connectivity index (χ1n) is 12.1. The molecule has 0 spiro atoms. The number of anilines is 2. The van der Waals surface area contributed by atoms with E-state index in [2.05, 4.69) is 51.0 Å². The minimum atomic E-state index is -0.303. The van der Waals surface area contributed by atoms with Gasteiger partial charge in [-0.25, -0.2) is 9.97 Å². The molecule has 38 heavy (non-hydrogen) atoms. The van der Waals surface area contributed by atoms with Gasteiger partial charge in [-0.15, -0.1) is 0 Å². The van der Waals surface area contributed by atoms with Crippen molar-refractivity contribution in [3.63, 3.8) is 0 Å². The molecule has 0 aliphatic heterocycles. The van der Waals surface area contributed by atoms with Gasteiger partial charge in [0.1, 0.15) is 11.5 Å². The third kappa shape index (κ3) is 5.19. The highest BCUT2D eigenvalue weighted by atomic mass is 16.2. The largest absolute Gasteiger partial charge is 0.346 e. The number of rotatable bonds is 7. The van der Waals surface area contributed by atoms with Crippen LogP contribution in [0.25, 0.3) is 33.3 Å². The highest BCUT2D eigenvalue weighted by Gasteiger charge is 2.12. The number of H-pyrrole nitrogens is 1. The van der Waals surface area contributed by atoms with E-state index in [0.29, 0.717) is 23.0 Å². The van der Waals surface area contributed by atoms with Gasteiger partial charge in [-0.1, -0.05) is 38.6 Å². The van der Waals surface area contributed by atoms with E-state index in [-0.39, 0.29) is 11.8 Å². The van der Waals surface area contributed by atoms with Gasteiger partial charge in [0.05, 0.1) is 11.9 Å². The summed E-state index contributed by atoms with van der Waals surface area (Å²) in [6, 6.07) is 15.0. The van der Waals surface area contributed by atoms with Crippen molar-refractivity contribution in [3.05, 3.63) is 103 Å². The van der Waals surface area contributed by atoms with Gasteiger partial charge in [0.2, 0.25) is 5.91 Å². The van der Waals surface area contributed by atoms with Crippen LogP contribution >= 0.6 is 0 Å². The summed E-state index contributed by atoms with van der Waals surface area (Å²) in [5, 5.41) is 6.50. The number of carbonyl (C=O) groups excluding carboxylic acids is 2. The first kappa shape index (κ1) is 24.6. The van der Waals surface area contributed by atoms with Crippen molar-refractivity contribution in [2.45, 2.75) is 19.8 Å². The Morgan fingerprint density at radius 1 is 0.895 bits per heavy atom. The summed E-state index contributed by atoms with van der Waals surface area (Å²) in [5.41, 5.74) is 6.53. The molecule has 0 aliphatic rings. The number of amides is 2. The Balaban J connectivity index is 1.37. The van der Waals surface area contributed by atoms with Crippen LogP contribution in [0.2, 0.25) is 0 Å². The molecule has 0 fully saturated rings. The molecule has 5 rings (SSSR count). The molecule has 4 aromatic heterocycles. The van der Waals surface area contributed by atoms with Crippen molar-refractivity contribution in [2.75, 3.05) is 10.6 Å². The maximum absolute atomic E-state index is 12.8. The summed E-state index contributed by atoms with van der Waals surface area (Å²) < 4.78 is 0. The van der Waals surface area contributed by atoms with E-state index in [9.17, 15) is 9.59 Å². The quantitative estimate of drug-likeness (QED) is 0.230. The summed E-state index contributed by atoms with van der Waals surface area (Å²) in [6.45, 7) is 7.67. The zero-order valence-electron chi connectivity index (χ0n) is 21.0. The molecule has 0 bridgehead atoms. The second-order valence-corrected chi connectivity index (χ2v) is 9.14. The monoisotopic (exact) mass is 502 g/mol. The van der Waals surface area contributed by atoms with Gasteiger partial charge in [-0.3, -0.25) is 14.6 Å². The number of aromatic nitrogens is 4. The topological polar surface area (TPSA) is 113 Å². The van der Waals surface area contributed by atoms with E-state index >= 15 is 0 Å². The summed E-state index contributed by atoms with van der Waals surface area (Å²) in [6.07, 6.45) is 9.95. The molecule has 0 radical (unpaired) electrons. The summed E-state index contributed by atoms with van der Waals surface area (Å²) in [5.74, 6) is 0.367. The SMILES string of the molecule is C=CC(=O)Nc1cncc(-c2cnc3[nH]cc(-c4ccc(C(=O)Nc5ccc(C(C)C)cn5)cc4)c3c2)c1. The number of carbonyl (C=O) groups is 2. The summed E-state index contributed by atoms with van der Waals surface area (Å²) >= 11 is 0. The van der Waals surface area contributed by atoms with Crippen LogP contribution in [-0.4, -0.2) is 31.8 Å². The standard InChI is InChI=1S/C30H26N6O2/c1-4-28(37)35-24-11-22(13-31-16-24)23-12-25-26(17-34-29(25)33-15-23)19-5-7-20(8-6-19)30(38)36-27-10-9-21(14-32-27)18(2)3/h4-18H,1H2,2-3H3,(H,33,34)(H,35,37)(H,32,36,38). The molecule has 1 aromatic carbocycles. The molecule has 0 aliphatic carbocycles. The number of nitrogens with one attached hydrogen (secondary N) is 3. The van der Waals surface area contributed by atoms with Gasteiger partial charge in [-0.2, -0.15) is 0 Å². The average Bonchev–Trinajstić information content (AvgIpc) is 3.37. The molecule has 0 atom stereocenters. The van der Waals surface area contributed by atoms with Crippen molar-refractivity contribution < 1.29 is 9.59 Å². The maximum Gasteiger partial charge on any atom is 0.256 e. The van der Waals surface area contributed by atoms with Gasteiger partial charge in [0.15, 0.2) is 0 Å². The normalized spacial score (nSPS) is 10.9. The second-order valence-electron chi connectivity index (χ2n) is 9.14. The van der Waals surface area contributed by atoms with E-state index in [1.807, 2.05) is 42.6 Å². The zero-order chi connectivity index (χ0) is 26.6. The lowest BCUT2D eigenvalue weighted by Crippen LogP contribution is -2.12. The molecule has 4 heterocycles. The molecule has 3 N–H and O–H groups in total. The van der Waals surface area contributed by atoms with Gasteiger partial charge >= 0.3 is 0 Å². The third-order valence-corrected chi connectivity index (χ3v) is 6.21. The highest BCUT2D eigenvalue weighted by Crippen LogP contribution is 2.31. The fraction of sp³-hybridized carbons (Fsp3) is 0.100. The van der Waals surface area contributed by atoms with Gasteiger partial charge in [0.25, 0.3) is 5.91 Å². The molecule has 0 unspecified atom stereocenters. The van der Waals surface area contributed by atoms with Crippen LogP contribution in [0, 0.1) is 0 Å². The lowest BCUT2D eigenvalue weighted by atomic mass is 10.0. The number of pyridine rings is 3. The minimum Gasteiger partial charge on any atom is -0.346 e. The average molecular weight is 503 g/mol. The van der Waals surface area contributed by atoms with Crippen LogP contribution < -0.4 is 10.6 Å². The number of hydrogen-bond acceptors (Lipinski definition) is 5. The van der Waals surface area contributed by atoms with Crippen LogP contribution in [0.15, 0.2) is 92.2 Å². The lowest BCUT2D eigenvalue weighted by molar-refractivity contribution is -0.111. The molecule has 188 valence electrons. The van der Waals surface area contributed by atoms with Crippen molar-refractivity contribution in [2.24, 2.45) is 0 Å². The number of benzene rings is 1. The third-order valence-electron chi connectivity index (χ3n) is 6.21. The number of fused-ring (bicyclic) bond motifs is 1. The Hall–Kier alpha value is -5.11. The van der Waals surface area contributed by atoms with E-state index in [1.165, 1.54) is 6.08 Å². The van der Waals surface area contributed by atoms with Crippen LogP contribution in [-0.2, 0) is 4.79 Å². The fourth-order valence-electron chi connectivity index (χ4n) is 4.07. The maximum atomic E-state index is 12.8. The molecular formula is C30H26N6O2. The van der Waals surface area contributed by atoms with Crippen LogP contribution in [0.1, 0.15) is 35.7 Å². The second kappa shape index (κ2) is 10.5. The van der Waals surface area contributed by atoms with E-state index in [4.69, 9.17) is 0 Å². The van der Waals surface area contributed by atoms with E-state index in [0.717, 1.165) is 38.9 Å². The molecule has 8 heteroatoms. The predicted octanol–water partition coefficient (Wildman–Crippen LogP) is 6.19. The van der Waals surface area contributed by atoms with Crippen LogP contribution in [0.5, 0.6) is 0 Å². The van der Waals surface area contributed by atoms with Crippen molar-refractivity contribution in [1.82, 2.24) is 19.9 Å². The Labute approximate surface area is 219 Å². The number of hydrogen-bond donors (Lipinski definition) is 3. The number of nitrogens with zero attached hydrogens (tertiary/aromatic N) is 3. The molecule has 0 saturated heterocycles. The Kier molecular flexibility index (Phi) is 6.78. The predicted molar refractivity (Wildman–Crippen MR) is 150 cm³/mol. The summed E-state index contributed by atoms with van der Waals surface area (Å²) in [7, 11) is 0. The van der Waals surface area contributed by atoms with Crippen molar-refractivity contribution in [3.8, 4) is 22.3 Å². The summed E-state index contributed by atoms with van der Waals surface area (Å²) in [4.78, 5) is 40.8. The van der Waals surface area contributed by atoms with Crippen LogP contribution in [0.4, 0.5) is 11.5 Å². The first-order valence-corrected chi connectivity index (χ1v) is 12.1. The Bertz CT molecular complexity index is 1640. The lowest BCUT2D eigenvalue weighted by Gasteiger charge is -2.08. The minimum absolute atomic E-state index is 0.222. The van der Waals surface area contributed by atoms with Crippen LogP contribution in [0.3, 0.4) is 0 Å². The zero-order valence-corrected chi connectivity index (χ0v) is 21.0. The molecule has 2 amide bonds. The smallest absolute Gasteiger partial charge is 0.256 e. The van der Waals surface area contributed by atoms with Gasteiger partial charge in [0, 0.05) is 52.4 Å². The molecule has 5 aromatic rings. The van der Waals surface area contributed by atoms with Crippen molar-refractivity contribution >= 4 is 34.4 Å². The van der Waals surface area contributed by atoms with Gasteiger partial charge in [-0.05, 0) is 53.5 Å². The fourth-order valence-corrected chi connectivity index (χ4v) is 4.07. The first-order chi connectivity index (χ1) is 18.4. The highest BCUT2D eigenvalue weighted by molar-refractivity contribution is 6.04. The molecular weight excluding hydrogens is 476 g/mol. The number of aromatic amines is 1. The van der Waals surface area contributed by atoms with E-state index in [1.54, 1.807) is 36.9 Å². The Morgan fingerprint density at radius 2 is 1.68 bits per heavy atom. The molecule has 8 nitrogen and oxygen atoms in total.